The number of hydrogen-bond acceptors (Lipinski definition) is 4. The molecule has 6 nitrogen and oxygen atoms in total. The van der Waals surface area contributed by atoms with Crippen molar-refractivity contribution >= 4 is 11.8 Å². The monoisotopic (exact) mass is 359 g/mol. The number of nitrogens with two attached hydrogens (primary N) is 1. The first kappa shape index (κ1) is 19.2. The fourth-order valence-electron chi connectivity index (χ4n) is 5.06. The molecule has 1 heterocycles. The maximum Gasteiger partial charge on any atom is 0.229 e. The quantitative estimate of drug-likeness (QED) is 0.784. The Morgan fingerprint density at radius 1 is 1.08 bits per heavy atom. The molecule has 1 saturated heterocycles. The standard InChI is InChI=1S/C20H31N4O2/c21-14-20(11-12-23-15-20)24(16-7-3-1-4-8-16)17(25)13-19(18(22)26)9-5-2-6-10-19/h13,16,23H,1-12,15H2,(H2,22,26). The van der Waals surface area contributed by atoms with Gasteiger partial charge in [-0.15, -0.1) is 0 Å². The molecule has 0 aromatic rings. The number of carbonyl (C=O) groups excluding carboxylic acids is 2. The molecule has 0 bridgehead atoms. The molecule has 2 amide bonds. The number of primary amides is 1. The Hall–Kier alpha value is -1.61. The van der Waals surface area contributed by atoms with E-state index in [2.05, 4.69) is 11.4 Å². The van der Waals surface area contributed by atoms with Gasteiger partial charge in [0.15, 0.2) is 0 Å². The molecule has 2 saturated carbocycles. The van der Waals surface area contributed by atoms with E-state index in [0.717, 1.165) is 51.5 Å². The molecular formula is C20H31N4O2. The highest BCUT2D eigenvalue weighted by molar-refractivity contribution is 5.95. The first-order valence-corrected chi connectivity index (χ1v) is 10.1. The van der Waals surface area contributed by atoms with Crippen LogP contribution in [0.1, 0.15) is 70.6 Å². The van der Waals surface area contributed by atoms with E-state index in [9.17, 15) is 14.9 Å². The third-order valence-electron chi connectivity index (χ3n) is 6.62. The van der Waals surface area contributed by atoms with Gasteiger partial charge in [-0.25, -0.2) is 0 Å². The smallest absolute Gasteiger partial charge is 0.229 e. The summed E-state index contributed by atoms with van der Waals surface area (Å²) in [6.45, 7) is 1.24. The Balaban J connectivity index is 1.86. The second kappa shape index (κ2) is 7.96. The predicted molar refractivity (Wildman–Crippen MR) is 98.6 cm³/mol. The number of rotatable bonds is 5. The number of nitrogens with zero attached hydrogens (tertiary/aromatic N) is 2. The van der Waals surface area contributed by atoms with Crippen LogP contribution in [0, 0.1) is 23.2 Å². The van der Waals surface area contributed by atoms with Gasteiger partial charge in [-0.05, 0) is 38.6 Å². The third kappa shape index (κ3) is 3.59. The van der Waals surface area contributed by atoms with E-state index in [1.807, 2.05) is 4.90 Å². The number of nitriles is 1. The zero-order chi connectivity index (χ0) is 18.6. The molecule has 3 rings (SSSR count). The third-order valence-corrected chi connectivity index (χ3v) is 6.62. The Bertz CT molecular complexity index is 565. The topological polar surface area (TPSA) is 99.2 Å². The Morgan fingerprint density at radius 3 is 2.27 bits per heavy atom. The van der Waals surface area contributed by atoms with Crippen LogP contribution in [0.3, 0.4) is 0 Å². The van der Waals surface area contributed by atoms with E-state index in [0.29, 0.717) is 25.8 Å². The van der Waals surface area contributed by atoms with E-state index in [4.69, 9.17) is 5.73 Å². The lowest BCUT2D eigenvalue weighted by Crippen LogP contribution is -2.59. The van der Waals surface area contributed by atoms with Crippen LogP contribution < -0.4 is 11.1 Å². The van der Waals surface area contributed by atoms with Gasteiger partial charge < -0.3 is 16.0 Å². The molecule has 0 spiro atoms. The van der Waals surface area contributed by atoms with Crippen molar-refractivity contribution in [2.24, 2.45) is 11.1 Å². The summed E-state index contributed by atoms with van der Waals surface area (Å²) in [5, 5.41) is 13.2. The average Bonchev–Trinajstić information content (AvgIpc) is 3.13. The summed E-state index contributed by atoms with van der Waals surface area (Å²) in [7, 11) is 0. The second-order valence-electron chi connectivity index (χ2n) is 8.30. The van der Waals surface area contributed by atoms with Gasteiger partial charge >= 0.3 is 0 Å². The van der Waals surface area contributed by atoms with Crippen molar-refractivity contribution in [1.29, 1.82) is 5.26 Å². The van der Waals surface area contributed by atoms with Gasteiger partial charge in [-0.3, -0.25) is 9.59 Å². The fourth-order valence-corrected chi connectivity index (χ4v) is 5.06. The summed E-state index contributed by atoms with van der Waals surface area (Å²) >= 11 is 0. The van der Waals surface area contributed by atoms with Crippen molar-refractivity contribution < 1.29 is 9.59 Å². The molecule has 3 aliphatic rings. The maximum absolute atomic E-state index is 13.5. The second-order valence-corrected chi connectivity index (χ2v) is 8.30. The molecule has 143 valence electrons. The largest absolute Gasteiger partial charge is 0.369 e. The lowest BCUT2D eigenvalue weighted by atomic mass is 9.70. The molecule has 0 aromatic heterocycles. The van der Waals surface area contributed by atoms with Gasteiger partial charge in [-0.1, -0.05) is 38.5 Å². The number of nitrogens with one attached hydrogen (secondary N) is 1. The van der Waals surface area contributed by atoms with Crippen molar-refractivity contribution in [3.05, 3.63) is 6.42 Å². The minimum Gasteiger partial charge on any atom is -0.369 e. The van der Waals surface area contributed by atoms with Crippen molar-refractivity contribution in [3.63, 3.8) is 0 Å². The van der Waals surface area contributed by atoms with Crippen LogP contribution in [0.5, 0.6) is 0 Å². The Labute approximate surface area is 156 Å². The number of carbonyl (C=O) groups is 2. The van der Waals surface area contributed by atoms with Gasteiger partial charge in [-0.2, -0.15) is 5.26 Å². The molecule has 1 radical (unpaired) electrons. The molecule has 26 heavy (non-hydrogen) atoms. The first-order chi connectivity index (χ1) is 12.5. The summed E-state index contributed by atoms with van der Waals surface area (Å²) in [5.74, 6) is -0.562. The van der Waals surface area contributed by atoms with Crippen molar-refractivity contribution in [1.82, 2.24) is 10.2 Å². The zero-order valence-electron chi connectivity index (χ0n) is 15.6. The van der Waals surface area contributed by atoms with Gasteiger partial charge in [0, 0.05) is 12.6 Å². The highest BCUT2D eigenvalue weighted by Crippen LogP contribution is 2.41. The van der Waals surface area contributed by atoms with Gasteiger partial charge in [0.1, 0.15) is 5.54 Å². The van der Waals surface area contributed by atoms with E-state index in [1.54, 1.807) is 6.42 Å². The molecule has 3 N–H and O–H groups in total. The van der Waals surface area contributed by atoms with Crippen LogP contribution in [0.15, 0.2) is 0 Å². The Morgan fingerprint density at radius 2 is 1.73 bits per heavy atom. The summed E-state index contributed by atoms with van der Waals surface area (Å²) < 4.78 is 0. The van der Waals surface area contributed by atoms with Crippen molar-refractivity contribution in [2.75, 3.05) is 13.1 Å². The molecule has 6 heteroatoms. The summed E-state index contributed by atoms with van der Waals surface area (Å²) in [5.41, 5.74) is 4.08. The molecule has 1 atom stereocenters. The minimum absolute atomic E-state index is 0.0839. The highest BCUT2D eigenvalue weighted by atomic mass is 16.2. The van der Waals surface area contributed by atoms with Crippen LogP contribution in [0.4, 0.5) is 0 Å². The fraction of sp³-hybridized carbons (Fsp3) is 0.800. The summed E-state index contributed by atoms with van der Waals surface area (Å²) in [6.07, 6.45) is 11.7. The lowest BCUT2D eigenvalue weighted by Gasteiger charge is -2.45. The normalized spacial score (nSPS) is 29.0. The number of amides is 2. The molecule has 1 unspecified atom stereocenters. The zero-order valence-corrected chi connectivity index (χ0v) is 15.6. The highest BCUT2D eigenvalue weighted by Gasteiger charge is 2.49. The van der Waals surface area contributed by atoms with Crippen LogP contribution in [-0.2, 0) is 9.59 Å². The predicted octanol–water partition coefficient (Wildman–Crippen LogP) is 2.04. The Kier molecular flexibility index (Phi) is 5.86. The summed E-state index contributed by atoms with van der Waals surface area (Å²) in [6, 6.07) is 2.52. The summed E-state index contributed by atoms with van der Waals surface area (Å²) in [4.78, 5) is 27.5. The molecule has 3 fully saturated rings. The molecular weight excluding hydrogens is 328 g/mol. The average molecular weight is 359 g/mol. The van der Waals surface area contributed by atoms with E-state index in [-0.39, 0.29) is 11.9 Å². The minimum atomic E-state index is -0.842. The van der Waals surface area contributed by atoms with Crippen LogP contribution >= 0.6 is 0 Å². The van der Waals surface area contributed by atoms with Crippen LogP contribution in [-0.4, -0.2) is 41.4 Å². The van der Waals surface area contributed by atoms with E-state index < -0.39 is 16.9 Å². The van der Waals surface area contributed by atoms with Crippen LogP contribution in [0.2, 0.25) is 0 Å². The van der Waals surface area contributed by atoms with Gasteiger partial charge in [0.2, 0.25) is 11.8 Å². The van der Waals surface area contributed by atoms with Crippen molar-refractivity contribution in [2.45, 2.75) is 82.2 Å². The van der Waals surface area contributed by atoms with Gasteiger partial charge in [0.25, 0.3) is 0 Å². The lowest BCUT2D eigenvalue weighted by molar-refractivity contribution is -0.141. The SMILES string of the molecule is N#CC1(N(C(=O)[CH]C2(C(N)=O)CCCCC2)C2CCCCC2)CCNC1. The van der Waals surface area contributed by atoms with Gasteiger partial charge in [0.05, 0.1) is 17.9 Å². The first-order valence-electron chi connectivity index (χ1n) is 10.1. The molecule has 2 aliphatic carbocycles. The van der Waals surface area contributed by atoms with Crippen molar-refractivity contribution in [3.8, 4) is 6.07 Å². The number of hydrogen-bond donors (Lipinski definition) is 2. The van der Waals surface area contributed by atoms with E-state index in [1.165, 1.54) is 6.42 Å². The van der Waals surface area contributed by atoms with E-state index >= 15 is 0 Å². The molecule has 0 aromatic carbocycles. The molecule has 1 aliphatic heterocycles. The van der Waals surface area contributed by atoms with Crippen LogP contribution in [0.25, 0.3) is 0 Å². The maximum atomic E-state index is 13.5.